The van der Waals surface area contributed by atoms with Crippen LogP contribution >= 0.6 is 31.9 Å². The molecule has 0 atom stereocenters. The molecule has 6 nitrogen and oxygen atoms in total. The van der Waals surface area contributed by atoms with Gasteiger partial charge in [-0.2, -0.15) is 0 Å². The fourth-order valence-corrected chi connectivity index (χ4v) is 2.08. The van der Waals surface area contributed by atoms with Crippen molar-refractivity contribution in [3.63, 3.8) is 0 Å². The highest BCUT2D eigenvalue weighted by Gasteiger charge is 2.24. The molecule has 15 heavy (non-hydrogen) atoms. The van der Waals surface area contributed by atoms with E-state index in [0.717, 1.165) is 0 Å². The third kappa shape index (κ3) is 2.51. The Kier molecular flexibility index (Phi) is 3.75. The lowest BCUT2D eigenvalue weighted by Gasteiger charge is -2.01. The van der Waals surface area contributed by atoms with Gasteiger partial charge in [-0.3, -0.25) is 20.2 Å². The van der Waals surface area contributed by atoms with Crippen molar-refractivity contribution in [1.82, 2.24) is 0 Å². The van der Waals surface area contributed by atoms with Crippen LogP contribution < -0.4 is 0 Å². The molecule has 0 spiro atoms. The molecule has 0 aliphatic rings. The Hall–Kier alpha value is -1.02. The molecule has 8 heteroatoms. The summed E-state index contributed by atoms with van der Waals surface area (Å²) in [6, 6.07) is 2.48. The molecular formula is C7H4Br2N2O4. The minimum Gasteiger partial charge on any atom is -0.258 e. The minimum absolute atomic E-state index is 0.0624. The molecule has 1 aromatic rings. The molecule has 80 valence electrons. The average molecular weight is 340 g/mol. The highest BCUT2D eigenvalue weighted by Crippen LogP contribution is 2.33. The summed E-state index contributed by atoms with van der Waals surface area (Å²) >= 11 is 5.98. The van der Waals surface area contributed by atoms with Crippen molar-refractivity contribution in [1.29, 1.82) is 0 Å². The number of nitro groups is 2. The highest BCUT2D eigenvalue weighted by atomic mass is 79.9. The second kappa shape index (κ2) is 4.67. The van der Waals surface area contributed by atoms with Gasteiger partial charge in [-0.05, 0) is 0 Å². The standard InChI is InChI=1S/C7H4Br2N2O4/c8-3-5-6(10(12)13)1-4(9)2-7(5)11(14)15/h1-2H,3H2. The van der Waals surface area contributed by atoms with E-state index in [1.807, 2.05) is 0 Å². The van der Waals surface area contributed by atoms with E-state index in [1.54, 1.807) is 0 Å². The van der Waals surface area contributed by atoms with E-state index in [0.29, 0.717) is 4.47 Å². The zero-order valence-corrected chi connectivity index (χ0v) is 10.3. The number of hydrogen-bond acceptors (Lipinski definition) is 4. The Labute approximate surface area is 101 Å². The highest BCUT2D eigenvalue weighted by molar-refractivity contribution is 9.10. The van der Waals surface area contributed by atoms with Crippen LogP contribution in [0.2, 0.25) is 0 Å². The van der Waals surface area contributed by atoms with Gasteiger partial charge < -0.3 is 0 Å². The maximum Gasteiger partial charge on any atom is 0.281 e. The Bertz CT molecular complexity index is 400. The second-order valence-electron chi connectivity index (χ2n) is 2.57. The number of nitrogens with zero attached hydrogens (tertiary/aromatic N) is 2. The van der Waals surface area contributed by atoms with E-state index in [-0.39, 0.29) is 22.3 Å². The van der Waals surface area contributed by atoms with Crippen LogP contribution in [-0.4, -0.2) is 9.85 Å². The first kappa shape index (κ1) is 12.1. The van der Waals surface area contributed by atoms with Crippen LogP contribution in [-0.2, 0) is 5.33 Å². The quantitative estimate of drug-likeness (QED) is 0.481. The van der Waals surface area contributed by atoms with E-state index < -0.39 is 9.85 Å². The summed E-state index contributed by atoms with van der Waals surface area (Å²) in [6.45, 7) is 0. The van der Waals surface area contributed by atoms with Gasteiger partial charge in [-0.15, -0.1) is 0 Å². The predicted octanol–water partition coefficient (Wildman–Crippen LogP) is 3.16. The molecule has 1 aromatic carbocycles. The van der Waals surface area contributed by atoms with Gasteiger partial charge in [-0.25, -0.2) is 0 Å². The summed E-state index contributed by atoms with van der Waals surface area (Å²) < 4.78 is 0.311. The first-order valence-electron chi connectivity index (χ1n) is 3.64. The van der Waals surface area contributed by atoms with Gasteiger partial charge in [0.25, 0.3) is 11.4 Å². The monoisotopic (exact) mass is 338 g/mol. The Morgan fingerprint density at radius 2 is 1.53 bits per heavy atom. The van der Waals surface area contributed by atoms with Crippen LogP contribution in [0.4, 0.5) is 11.4 Å². The summed E-state index contributed by atoms with van der Waals surface area (Å²) in [5.74, 6) is 0. The zero-order valence-electron chi connectivity index (χ0n) is 7.15. The molecular weight excluding hydrogens is 336 g/mol. The fraction of sp³-hybridized carbons (Fsp3) is 0.143. The van der Waals surface area contributed by atoms with Crippen LogP contribution in [0.15, 0.2) is 16.6 Å². The van der Waals surface area contributed by atoms with Gasteiger partial charge in [0.1, 0.15) is 5.56 Å². The number of rotatable bonds is 3. The van der Waals surface area contributed by atoms with Crippen molar-refractivity contribution < 1.29 is 9.85 Å². The lowest BCUT2D eigenvalue weighted by Crippen LogP contribution is -1.99. The van der Waals surface area contributed by atoms with Crippen LogP contribution in [0, 0.1) is 20.2 Å². The van der Waals surface area contributed by atoms with Gasteiger partial charge in [0.2, 0.25) is 0 Å². The van der Waals surface area contributed by atoms with Crippen molar-refractivity contribution in [2.24, 2.45) is 0 Å². The number of nitro benzene ring substituents is 2. The maximum absolute atomic E-state index is 10.6. The average Bonchev–Trinajstić information content (AvgIpc) is 2.16. The summed E-state index contributed by atoms with van der Waals surface area (Å²) in [5.41, 5.74) is -0.478. The van der Waals surface area contributed by atoms with Crippen LogP contribution in [0.1, 0.15) is 5.56 Å². The van der Waals surface area contributed by atoms with E-state index in [1.165, 1.54) is 12.1 Å². The lowest BCUT2D eigenvalue weighted by atomic mass is 10.1. The molecule has 0 aliphatic carbocycles. The molecule has 0 saturated carbocycles. The molecule has 0 bridgehead atoms. The van der Waals surface area contributed by atoms with Crippen LogP contribution in [0.3, 0.4) is 0 Å². The fourth-order valence-electron chi connectivity index (χ4n) is 1.07. The molecule has 0 N–H and O–H groups in total. The first-order valence-corrected chi connectivity index (χ1v) is 5.56. The van der Waals surface area contributed by atoms with Crippen molar-refractivity contribution in [2.75, 3.05) is 0 Å². The first-order chi connectivity index (χ1) is 6.97. The predicted molar refractivity (Wildman–Crippen MR) is 60.1 cm³/mol. The van der Waals surface area contributed by atoms with Gasteiger partial charge in [-0.1, -0.05) is 31.9 Å². The SMILES string of the molecule is O=[N+]([O-])c1cc(Br)cc([N+](=O)[O-])c1CBr. The Morgan fingerprint density at radius 3 is 1.80 bits per heavy atom. The molecule has 1 rings (SSSR count). The smallest absolute Gasteiger partial charge is 0.258 e. The van der Waals surface area contributed by atoms with Crippen LogP contribution in [0.5, 0.6) is 0 Å². The van der Waals surface area contributed by atoms with Crippen molar-refractivity contribution in [3.8, 4) is 0 Å². The third-order valence-electron chi connectivity index (χ3n) is 1.69. The molecule has 0 heterocycles. The second-order valence-corrected chi connectivity index (χ2v) is 4.05. The summed E-state index contributed by atoms with van der Waals surface area (Å²) in [6.07, 6.45) is 0. The zero-order chi connectivity index (χ0) is 11.6. The molecule has 0 fully saturated rings. The van der Waals surface area contributed by atoms with E-state index >= 15 is 0 Å². The largest absolute Gasteiger partial charge is 0.281 e. The lowest BCUT2D eigenvalue weighted by molar-refractivity contribution is -0.395. The maximum atomic E-state index is 10.6. The van der Waals surface area contributed by atoms with Crippen molar-refractivity contribution in [2.45, 2.75) is 5.33 Å². The topological polar surface area (TPSA) is 86.3 Å². The van der Waals surface area contributed by atoms with E-state index in [2.05, 4.69) is 31.9 Å². The summed E-state index contributed by atoms with van der Waals surface area (Å²) in [4.78, 5) is 20.0. The molecule has 0 aliphatic heterocycles. The van der Waals surface area contributed by atoms with E-state index in [9.17, 15) is 20.2 Å². The van der Waals surface area contributed by atoms with Gasteiger partial charge in [0.05, 0.1) is 9.85 Å². The molecule has 0 unspecified atom stereocenters. The normalized spacial score (nSPS) is 10.0. The van der Waals surface area contributed by atoms with Gasteiger partial charge >= 0.3 is 0 Å². The molecule has 0 aromatic heterocycles. The van der Waals surface area contributed by atoms with Gasteiger partial charge in [0, 0.05) is 21.9 Å². The summed E-state index contributed by atoms with van der Waals surface area (Å²) in [7, 11) is 0. The van der Waals surface area contributed by atoms with Gasteiger partial charge in [0.15, 0.2) is 0 Å². The van der Waals surface area contributed by atoms with Crippen molar-refractivity contribution in [3.05, 3.63) is 42.4 Å². The van der Waals surface area contributed by atoms with E-state index in [4.69, 9.17) is 0 Å². The number of hydrogen-bond donors (Lipinski definition) is 0. The number of halogens is 2. The minimum atomic E-state index is -0.644. The van der Waals surface area contributed by atoms with Crippen LogP contribution in [0.25, 0.3) is 0 Å². The third-order valence-corrected chi connectivity index (χ3v) is 2.71. The Morgan fingerprint density at radius 1 is 1.13 bits per heavy atom. The molecule has 0 saturated heterocycles. The number of alkyl halides is 1. The summed E-state index contributed by atoms with van der Waals surface area (Å²) in [5, 5.41) is 21.4. The van der Waals surface area contributed by atoms with Crippen molar-refractivity contribution >= 4 is 43.2 Å². The molecule has 0 radical (unpaired) electrons. The Balaban J connectivity index is 3.52. The molecule has 0 amide bonds. The number of benzene rings is 1.